The fraction of sp³-hybridized carbons (Fsp3) is 0.429. The summed E-state index contributed by atoms with van der Waals surface area (Å²) in [5.74, 6) is -1.32. The molecule has 5 nitrogen and oxygen atoms in total. The summed E-state index contributed by atoms with van der Waals surface area (Å²) in [6.45, 7) is 1.90. The summed E-state index contributed by atoms with van der Waals surface area (Å²) >= 11 is 3.36. The number of hydrogen-bond acceptors (Lipinski definition) is 2. The van der Waals surface area contributed by atoms with E-state index in [0.717, 1.165) is 22.1 Å². The first kappa shape index (κ1) is 14.8. The van der Waals surface area contributed by atoms with Gasteiger partial charge in [0.25, 0.3) is 0 Å². The zero-order valence-electron chi connectivity index (χ0n) is 11.1. The summed E-state index contributed by atoms with van der Waals surface area (Å²) in [5, 5.41) is 14.6. The average Bonchev–Trinajstić information content (AvgIpc) is 2.81. The minimum atomic E-state index is -0.840. The van der Waals surface area contributed by atoms with Crippen LogP contribution in [0.3, 0.4) is 0 Å². The molecule has 2 rings (SSSR count). The third-order valence-electron chi connectivity index (χ3n) is 3.59. The van der Waals surface area contributed by atoms with Gasteiger partial charge >= 0.3 is 12.0 Å². The summed E-state index contributed by atoms with van der Waals surface area (Å²) in [6.07, 6.45) is 2.17. The topological polar surface area (TPSA) is 78.4 Å². The van der Waals surface area contributed by atoms with Gasteiger partial charge in [-0.15, -0.1) is 0 Å². The lowest BCUT2D eigenvalue weighted by molar-refractivity contribution is -0.142. The van der Waals surface area contributed by atoms with Gasteiger partial charge in [-0.05, 0) is 43.5 Å². The van der Waals surface area contributed by atoms with E-state index in [1.54, 1.807) is 0 Å². The molecule has 0 saturated heterocycles. The number of carbonyl (C=O) groups excluding carboxylic acids is 1. The van der Waals surface area contributed by atoms with Crippen molar-refractivity contribution < 1.29 is 14.7 Å². The highest BCUT2D eigenvalue weighted by Crippen LogP contribution is 2.26. The molecule has 20 heavy (non-hydrogen) atoms. The minimum absolute atomic E-state index is 0.289. The van der Waals surface area contributed by atoms with Crippen LogP contribution in [-0.2, 0) is 4.79 Å². The molecule has 1 aromatic carbocycles. The number of nitrogens with one attached hydrogen (secondary N) is 2. The van der Waals surface area contributed by atoms with Crippen molar-refractivity contribution in [1.82, 2.24) is 5.32 Å². The van der Waals surface area contributed by atoms with Crippen LogP contribution in [-0.4, -0.2) is 23.1 Å². The lowest BCUT2D eigenvalue weighted by Crippen LogP contribution is -2.42. The maximum atomic E-state index is 11.9. The van der Waals surface area contributed by atoms with Crippen molar-refractivity contribution in [2.24, 2.45) is 5.92 Å². The lowest BCUT2D eigenvalue weighted by Gasteiger charge is -2.18. The third-order valence-corrected chi connectivity index (χ3v) is 4.08. The van der Waals surface area contributed by atoms with Gasteiger partial charge in [0.2, 0.25) is 0 Å². The summed E-state index contributed by atoms with van der Waals surface area (Å²) in [7, 11) is 0. The van der Waals surface area contributed by atoms with E-state index in [9.17, 15) is 9.59 Å². The number of benzene rings is 1. The third kappa shape index (κ3) is 3.50. The van der Waals surface area contributed by atoms with Gasteiger partial charge < -0.3 is 15.7 Å². The quantitative estimate of drug-likeness (QED) is 0.790. The highest BCUT2D eigenvalue weighted by atomic mass is 79.9. The van der Waals surface area contributed by atoms with Crippen LogP contribution in [0.4, 0.5) is 10.5 Å². The van der Waals surface area contributed by atoms with Crippen molar-refractivity contribution in [3.05, 3.63) is 28.2 Å². The number of anilines is 1. The lowest BCUT2D eigenvalue weighted by atomic mass is 10.0. The number of urea groups is 1. The Morgan fingerprint density at radius 3 is 2.75 bits per heavy atom. The molecule has 1 aliphatic rings. The zero-order valence-corrected chi connectivity index (χ0v) is 12.7. The Bertz CT molecular complexity index is 533. The van der Waals surface area contributed by atoms with Crippen LogP contribution in [0.15, 0.2) is 22.7 Å². The van der Waals surface area contributed by atoms with Crippen molar-refractivity contribution in [2.75, 3.05) is 5.32 Å². The smallest absolute Gasteiger partial charge is 0.319 e. The van der Waals surface area contributed by atoms with Crippen LogP contribution >= 0.6 is 15.9 Å². The Labute approximate surface area is 125 Å². The van der Waals surface area contributed by atoms with Crippen LogP contribution in [0.1, 0.15) is 24.8 Å². The molecular formula is C14H17BrN2O3. The van der Waals surface area contributed by atoms with Crippen molar-refractivity contribution in [3.8, 4) is 0 Å². The van der Waals surface area contributed by atoms with Gasteiger partial charge in [-0.1, -0.05) is 22.4 Å². The molecular weight excluding hydrogens is 324 g/mol. The summed E-state index contributed by atoms with van der Waals surface area (Å²) < 4.78 is 0.947. The maximum Gasteiger partial charge on any atom is 0.319 e. The Morgan fingerprint density at radius 1 is 1.35 bits per heavy atom. The van der Waals surface area contributed by atoms with E-state index in [4.69, 9.17) is 5.11 Å². The molecule has 2 amide bonds. The number of aryl methyl sites for hydroxylation is 1. The second-order valence-corrected chi connectivity index (χ2v) is 5.96. The molecule has 2 atom stereocenters. The number of amides is 2. The standard InChI is InChI=1S/C14H17BrN2O3/c1-8-7-9(15)5-6-11(8)16-14(20)17-12-4-2-3-10(12)13(18)19/h5-7,10,12H,2-4H2,1H3,(H,18,19)(H2,16,17,20). The van der Waals surface area contributed by atoms with E-state index >= 15 is 0 Å². The number of rotatable bonds is 3. The second-order valence-electron chi connectivity index (χ2n) is 5.04. The molecule has 6 heteroatoms. The molecule has 2 unspecified atom stereocenters. The number of hydrogen-bond donors (Lipinski definition) is 3. The predicted octanol–water partition coefficient (Wildman–Crippen LogP) is 3.13. The number of carboxylic acids is 1. The van der Waals surface area contributed by atoms with Crippen LogP contribution < -0.4 is 10.6 Å². The van der Waals surface area contributed by atoms with Crippen molar-refractivity contribution in [3.63, 3.8) is 0 Å². The highest BCUT2D eigenvalue weighted by molar-refractivity contribution is 9.10. The fourth-order valence-electron chi connectivity index (χ4n) is 2.52. The molecule has 1 aromatic rings. The first-order valence-corrected chi connectivity index (χ1v) is 7.33. The number of aliphatic carboxylic acids is 1. The highest BCUT2D eigenvalue weighted by Gasteiger charge is 2.33. The van der Waals surface area contributed by atoms with Crippen LogP contribution in [0.2, 0.25) is 0 Å². The van der Waals surface area contributed by atoms with Crippen molar-refractivity contribution in [2.45, 2.75) is 32.2 Å². The average molecular weight is 341 g/mol. The van der Waals surface area contributed by atoms with Gasteiger partial charge in [0.1, 0.15) is 0 Å². The Kier molecular flexibility index (Phi) is 4.65. The van der Waals surface area contributed by atoms with Gasteiger partial charge in [0, 0.05) is 16.2 Å². The molecule has 0 heterocycles. The van der Waals surface area contributed by atoms with Crippen LogP contribution in [0, 0.1) is 12.8 Å². The Morgan fingerprint density at radius 2 is 2.10 bits per heavy atom. The van der Waals surface area contributed by atoms with E-state index in [0.29, 0.717) is 12.8 Å². The van der Waals surface area contributed by atoms with Crippen LogP contribution in [0.5, 0.6) is 0 Å². The van der Waals surface area contributed by atoms with Crippen molar-refractivity contribution in [1.29, 1.82) is 0 Å². The zero-order chi connectivity index (χ0) is 14.7. The molecule has 1 aliphatic carbocycles. The second kappa shape index (κ2) is 6.26. The Balaban J connectivity index is 1.97. The minimum Gasteiger partial charge on any atom is -0.481 e. The first-order valence-electron chi connectivity index (χ1n) is 6.54. The SMILES string of the molecule is Cc1cc(Br)ccc1NC(=O)NC1CCCC1C(=O)O. The number of carbonyl (C=O) groups is 2. The summed E-state index contributed by atoms with van der Waals surface area (Å²) in [4.78, 5) is 23.0. The van der Waals surface area contributed by atoms with Crippen LogP contribution in [0.25, 0.3) is 0 Å². The predicted molar refractivity (Wildman–Crippen MR) is 79.8 cm³/mol. The van der Waals surface area contributed by atoms with Gasteiger partial charge in [0.15, 0.2) is 0 Å². The molecule has 0 aromatic heterocycles. The molecule has 1 fully saturated rings. The van der Waals surface area contributed by atoms with E-state index in [1.807, 2.05) is 25.1 Å². The molecule has 0 radical (unpaired) electrons. The summed E-state index contributed by atoms with van der Waals surface area (Å²) in [6, 6.07) is 4.92. The molecule has 0 spiro atoms. The molecule has 3 N–H and O–H groups in total. The number of carboxylic acid groups (broad SMARTS) is 1. The normalized spacial score (nSPS) is 21.5. The monoisotopic (exact) mass is 340 g/mol. The van der Waals surface area contributed by atoms with E-state index in [-0.39, 0.29) is 12.1 Å². The van der Waals surface area contributed by atoms with E-state index in [2.05, 4.69) is 26.6 Å². The number of halogens is 1. The van der Waals surface area contributed by atoms with Crippen molar-refractivity contribution >= 4 is 33.6 Å². The van der Waals surface area contributed by atoms with E-state index in [1.165, 1.54) is 0 Å². The van der Waals surface area contributed by atoms with Gasteiger partial charge in [-0.3, -0.25) is 4.79 Å². The van der Waals surface area contributed by atoms with Gasteiger partial charge in [-0.2, -0.15) is 0 Å². The van der Waals surface area contributed by atoms with E-state index < -0.39 is 11.9 Å². The largest absolute Gasteiger partial charge is 0.481 e. The molecule has 0 aliphatic heterocycles. The first-order chi connectivity index (χ1) is 9.47. The molecule has 108 valence electrons. The molecule has 0 bridgehead atoms. The molecule has 1 saturated carbocycles. The summed E-state index contributed by atoms with van der Waals surface area (Å²) in [5.41, 5.74) is 1.66. The van der Waals surface area contributed by atoms with Gasteiger partial charge in [-0.25, -0.2) is 4.79 Å². The maximum absolute atomic E-state index is 11.9. The van der Waals surface area contributed by atoms with Gasteiger partial charge in [0.05, 0.1) is 5.92 Å². The fourth-order valence-corrected chi connectivity index (χ4v) is 3.00. The Hall–Kier alpha value is -1.56.